The third-order valence-corrected chi connectivity index (χ3v) is 5.09. The Morgan fingerprint density at radius 3 is 2.50 bits per heavy atom. The number of para-hydroxylation sites is 1. The topological polar surface area (TPSA) is 62.5 Å². The quantitative estimate of drug-likeness (QED) is 0.707. The first-order chi connectivity index (χ1) is 10.9. The summed E-state index contributed by atoms with van der Waals surface area (Å²) in [4.78, 5) is 27.3. The van der Waals surface area contributed by atoms with Crippen LogP contribution in [0, 0.1) is 6.92 Å². The van der Waals surface area contributed by atoms with Crippen molar-refractivity contribution in [2.45, 2.75) is 6.92 Å². The van der Waals surface area contributed by atoms with Crippen molar-refractivity contribution in [2.75, 3.05) is 11.9 Å². The summed E-state index contributed by atoms with van der Waals surface area (Å²) in [5, 5.41) is 13.0. The Hall–Kier alpha value is -1.34. The van der Waals surface area contributed by atoms with Crippen molar-refractivity contribution in [1.29, 1.82) is 0 Å². The summed E-state index contributed by atoms with van der Waals surface area (Å²) in [5.41, 5.74) is 0.799. The van der Waals surface area contributed by atoms with Crippen molar-refractivity contribution >= 4 is 70.9 Å². The fourth-order valence-corrected chi connectivity index (χ4v) is 3.60. The van der Waals surface area contributed by atoms with Gasteiger partial charge < -0.3 is 14.6 Å². The number of thiophene rings is 1. The summed E-state index contributed by atoms with van der Waals surface area (Å²) < 4.78 is 1.42. The molecular weight excluding hydrogens is 352 g/mol. The van der Waals surface area contributed by atoms with Crippen LogP contribution in [0.3, 0.4) is 0 Å². The number of aromatic hydroxyl groups is 1. The van der Waals surface area contributed by atoms with Crippen molar-refractivity contribution in [3.05, 3.63) is 57.2 Å². The number of carbonyl (C=O) groups is 1. The van der Waals surface area contributed by atoms with Crippen LogP contribution < -0.4 is 10.5 Å². The molecule has 0 aliphatic rings. The molecule has 5 nitrogen and oxygen atoms in total. The maximum atomic E-state index is 12.8. The van der Waals surface area contributed by atoms with E-state index in [1.807, 2.05) is 30.5 Å². The molecule has 0 atom stereocenters. The molecule has 0 aliphatic heterocycles. The molecule has 2 aromatic heterocycles. The number of hydrogen-bond acceptors (Lipinski definition) is 4. The van der Waals surface area contributed by atoms with Gasteiger partial charge >= 0.3 is 0 Å². The van der Waals surface area contributed by atoms with Gasteiger partial charge in [0.15, 0.2) is 0 Å². The van der Waals surface area contributed by atoms with Gasteiger partial charge in [0.05, 0.1) is 5.39 Å². The summed E-state index contributed by atoms with van der Waals surface area (Å²) in [5.74, 6) is -0.767. The smallest absolute Gasteiger partial charge is 0.268 e. The molecule has 2 heterocycles. The van der Waals surface area contributed by atoms with E-state index in [1.54, 1.807) is 26.2 Å². The van der Waals surface area contributed by atoms with E-state index < -0.39 is 11.5 Å². The van der Waals surface area contributed by atoms with Crippen LogP contribution in [0.1, 0.15) is 15.9 Å². The predicted octanol–water partition coefficient (Wildman–Crippen LogP) is 2.51. The van der Waals surface area contributed by atoms with Crippen LogP contribution in [0.15, 0.2) is 40.5 Å². The fourth-order valence-electron chi connectivity index (χ4n) is 2.58. The van der Waals surface area contributed by atoms with Gasteiger partial charge in [-0.2, -0.15) is 0 Å². The summed E-state index contributed by atoms with van der Waals surface area (Å²) in [6, 6.07) is 9.01. The summed E-state index contributed by atoms with van der Waals surface area (Å²) in [6.07, 6.45) is 0. The SMILES string of the molecule is Cc1csc2c1c(O)c(C(=O)N(C)c1ccccc1)c(=O)n2C.[Ca]. The zero-order chi connectivity index (χ0) is 16.7. The van der Waals surface area contributed by atoms with E-state index >= 15 is 0 Å². The van der Waals surface area contributed by atoms with Crippen molar-refractivity contribution in [3.63, 3.8) is 0 Å². The second-order valence-electron chi connectivity index (χ2n) is 5.39. The molecule has 3 aromatic rings. The molecule has 0 spiro atoms. The number of fused-ring (bicyclic) bond motifs is 1. The second kappa shape index (κ2) is 7.27. The van der Waals surface area contributed by atoms with Crippen molar-refractivity contribution < 1.29 is 9.90 Å². The normalized spacial score (nSPS) is 10.5. The first-order valence-corrected chi connectivity index (χ1v) is 7.94. The standard InChI is InChI=1S/C17H16N2O3S.Ca/c1-10-9-23-17-12(10)14(20)13(16(22)19(17)3)15(21)18(2)11-7-5-4-6-8-11;/h4-9,20H,1-3H3;. The van der Waals surface area contributed by atoms with E-state index in [0.29, 0.717) is 15.9 Å². The Bertz CT molecular complexity index is 963. The average molecular weight is 368 g/mol. The minimum absolute atomic E-state index is 0. The van der Waals surface area contributed by atoms with Gasteiger partial charge in [0.2, 0.25) is 0 Å². The fraction of sp³-hybridized carbons (Fsp3) is 0.176. The maximum absolute atomic E-state index is 12.8. The van der Waals surface area contributed by atoms with Crippen LogP contribution in [0.25, 0.3) is 10.2 Å². The first-order valence-electron chi connectivity index (χ1n) is 7.06. The molecule has 0 bridgehead atoms. The van der Waals surface area contributed by atoms with E-state index in [9.17, 15) is 14.7 Å². The Morgan fingerprint density at radius 1 is 1.25 bits per heavy atom. The summed E-state index contributed by atoms with van der Waals surface area (Å²) in [6.45, 7) is 1.85. The van der Waals surface area contributed by atoms with Gasteiger partial charge in [-0.3, -0.25) is 9.59 Å². The van der Waals surface area contributed by atoms with E-state index in [0.717, 1.165) is 5.56 Å². The number of benzene rings is 1. The van der Waals surface area contributed by atoms with Crippen molar-refractivity contribution in [2.24, 2.45) is 7.05 Å². The average Bonchev–Trinajstić information content (AvgIpc) is 2.95. The molecule has 0 aliphatic carbocycles. The van der Waals surface area contributed by atoms with Gasteiger partial charge in [0.1, 0.15) is 16.1 Å². The zero-order valence-corrected chi connectivity index (χ0v) is 16.8. The number of rotatable bonds is 2. The zero-order valence-electron chi connectivity index (χ0n) is 13.7. The van der Waals surface area contributed by atoms with Gasteiger partial charge in [-0.1, -0.05) is 18.2 Å². The minimum atomic E-state index is -0.526. The van der Waals surface area contributed by atoms with Crippen molar-refractivity contribution in [3.8, 4) is 5.75 Å². The number of hydrogen-bond donors (Lipinski definition) is 1. The Kier molecular flexibility index (Phi) is 5.75. The third kappa shape index (κ3) is 2.99. The molecule has 7 heteroatoms. The molecule has 1 N–H and O–H groups in total. The van der Waals surface area contributed by atoms with Crippen LogP contribution >= 0.6 is 11.3 Å². The van der Waals surface area contributed by atoms with Gasteiger partial charge in [-0.05, 0) is 30.0 Å². The van der Waals surface area contributed by atoms with Crippen LogP contribution in [0.2, 0.25) is 0 Å². The summed E-state index contributed by atoms with van der Waals surface area (Å²) >= 11 is 1.37. The van der Waals surface area contributed by atoms with E-state index in [1.165, 1.54) is 20.8 Å². The predicted molar refractivity (Wildman–Crippen MR) is 98.4 cm³/mol. The number of pyridine rings is 1. The maximum Gasteiger partial charge on any atom is 0.268 e. The molecule has 1 aromatic carbocycles. The molecule has 0 fully saturated rings. The van der Waals surface area contributed by atoms with Gasteiger partial charge in [0.25, 0.3) is 11.5 Å². The molecule has 0 saturated carbocycles. The molecule has 120 valence electrons. The largest absolute Gasteiger partial charge is 0.506 e. The van der Waals surface area contributed by atoms with Crippen LogP contribution in [0.4, 0.5) is 5.69 Å². The Morgan fingerprint density at radius 2 is 1.88 bits per heavy atom. The Balaban J connectivity index is 0.00000208. The number of aromatic nitrogens is 1. The second-order valence-corrected chi connectivity index (χ2v) is 6.24. The molecule has 1 amide bonds. The first kappa shape index (κ1) is 19.0. The molecule has 24 heavy (non-hydrogen) atoms. The van der Waals surface area contributed by atoms with E-state index in [-0.39, 0.29) is 49.1 Å². The number of amides is 1. The van der Waals surface area contributed by atoms with Crippen molar-refractivity contribution in [1.82, 2.24) is 4.57 Å². The molecule has 3 rings (SSSR count). The molecule has 0 unspecified atom stereocenters. The van der Waals surface area contributed by atoms with Gasteiger partial charge in [0, 0.05) is 57.5 Å². The number of nitrogens with zero attached hydrogens (tertiary/aromatic N) is 2. The molecule has 2 radical (unpaired) electrons. The van der Waals surface area contributed by atoms with Gasteiger partial charge in [-0.25, -0.2) is 0 Å². The summed E-state index contributed by atoms with van der Waals surface area (Å²) in [7, 11) is 3.20. The van der Waals surface area contributed by atoms with Crippen LogP contribution in [0.5, 0.6) is 5.75 Å². The Labute approximate surface area is 173 Å². The molecular formula is C17H16CaN2O3S. The van der Waals surface area contributed by atoms with E-state index in [2.05, 4.69) is 0 Å². The van der Waals surface area contributed by atoms with Crippen LogP contribution in [-0.2, 0) is 7.05 Å². The van der Waals surface area contributed by atoms with E-state index in [4.69, 9.17) is 0 Å². The number of carbonyl (C=O) groups excluding carboxylic acids is 1. The monoisotopic (exact) mass is 368 g/mol. The number of aryl methyl sites for hydroxylation is 2. The van der Waals surface area contributed by atoms with Gasteiger partial charge in [-0.15, -0.1) is 11.3 Å². The number of anilines is 1. The molecule has 0 saturated heterocycles. The third-order valence-electron chi connectivity index (χ3n) is 3.91. The minimum Gasteiger partial charge on any atom is -0.506 e. The van der Waals surface area contributed by atoms with Crippen LogP contribution in [-0.4, -0.2) is 60.4 Å².